The fraction of sp³-hybridized carbons (Fsp3) is 0.333. The van der Waals surface area contributed by atoms with Gasteiger partial charge in [0.25, 0.3) is 0 Å². The van der Waals surface area contributed by atoms with Crippen LogP contribution in [0.2, 0.25) is 0 Å². The molecule has 0 aliphatic rings. The SMILES string of the molecule is CC(C(=O)O)[C@@H](NCc1ccccc1)C(=O)O. The minimum absolute atomic E-state index is 0.329. The first-order valence-electron chi connectivity index (χ1n) is 5.25. The van der Waals surface area contributed by atoms with Crippen LogP contribution in [-0.2, 0) is 16.1 Å². The number of carbonyl (C=O) groups is 2. The van der Waals surface area contributed by atoms with Crippen LogP contribution in [0.25, 0.3) is 0 Å². The van der Waals surface area contributed by atoms with Gasteiger partial charge >= 0.3 is 11.9 Å². The van der Waals surface area contributed by atoms with E-state index in [1.165, 1.54) is 6.92 Å². The molecule has 0 aliphatic heterocycles. The van der Waals surface area contributed by atoms with Crippen molar-refractivity contribution < 1.29 is 19.8 Å². The third-order valence-electron chi connectivity index (χ3n) is 2.52. The lowest BCUT2D eigenvalue weighted by Crippen LogP contribution is -2.44. The molecule has 0 radical (unpaired) electrons. The van der Waals surface area contributed by atoms with Gasteiger partial charge in [0.15, 0.2) is 0 Å². The summed E-state index contributed by atoms with van der Waals surface area (Å²) in [5.41, 5.74) is 0.913. The number of benzene rings is 1. The lowest BCUT2D eigenvalue weighted by atomic mass is 10.0. The number of hydrogen-bond acceptors (Lipinski definition) is 3. The Morgan fingerprint density at radius 3 is 2.24 bits per heavy atom. The van der Waals surface area contributed by atoms with Crippen LogP contribution in [0.4, 0.5) is 0 Å². The molecular weight excluding hydrogens is 222 g/mol. The first-order valence-corrected chi connectivity index (χ1v) is 5.25. The zero-order valence-corrected chi connectivity index (χ0v) is 9.46. The molecule has 5 heteroatoms. The number of carboxylic acids is 2. The summed E-state index contributed by atoms with van der Waals surface area (Å²) >= 11 is 0. The number of rotatable bonds is 6. The monoisotopic (exact) mass is 237 g/mol. The number of aliphatic carboxylic acids is 2. The highest BCUT2D eigenvalue weighted by Crippen LogP contribution is 2.06. The topological polar surface area (TPSA) is 86.6 Å². The Labute approximate surface area is 99.1 Å². The van der Waals surface area contributed by atoms with E-state index in [0.717, 1.165) is 5.56 Å². The molecule has 0 heterocycles. The van der Waals surface area contributed by atoms with E-state index in [0.29, 0.717) is 6.54 Å². The molecule has 0 saturated carbocycles. The Hall–Kier alpha value is -1.88. The van der Waals surface area contributed by atoms with Crippen LogP contribution in [0.3, 0.4) is 0 Å². The van der Waals surface area contributed by atoms with E-state index in [4.69, 9.17) is 10.2 Å². The zero-order chi connectivity index (χ0) is 12.8. The lowest BCUT2D eigenvalue weighted by Gasteiger charge is -2.18. The molecule has 1 aromatic rings. The molecule has 0 aliphatic carbocycles. The smallest absolute Gasteiger partial charge is 0.321 e. The highest BCUT2D eigenvalue weighted by molar-refractivity contribution is 5.82. The Bertz CT molecular complexity index is 391. The van der Waals surface area contributed by atoms with Crippen molar-refractivity contribution in [2.24, 2.45) is 5.92 Å². The lowest BCUT2D eigenvalue weighted by molar-refractivity contribution is -0.150. The molecule has 0 fully saturated rings. The molecular formula is C12H15NO4. The van der Waals surface area contributed by atoms with Crippen molar-refractivity contribution in [2.45, 2.75) is 19.5 Å². The molecule has 0 amide bonds. The fourth-order valence-corrected chi connectivity index (χ4v) is 1.44. The fourth-order valence-electron chi connectivity index (χ4n) is 1.44. The molecule has 0 bridgehead atoms. The second kappa shape index (κ2) is 6.00. The molecule has 5 nitrogen and oxygen atoms in total. The van der Waals surface area contributed by atoms with Gasteiger partial charge in [0, 0.05) is 6.54 Å². The summed E-state index contributed by atoms with van der Waals surface area (Å²) in [5.74, 6) is -3.26. The predicted octanol–water partition coefficient (Wildman–Crippen LogP) is 0.950. The number of carboxylic acid groups (broad SMARTS) is 2. The van der Waals surface area contributed by atoms with E-state index in [-0.39, 0.29) is 0 Å². The van der Waals surface area contributed by atoms with Gasteiger partial charge in [-0.2, -0.15) is 0 Å². The van der Waals surface area contributed by atoms with Crippen molar-refractivity contribution in [1.82, 2.24) is 5.32 Å². The molecule has 1 aromatic carbocycles. The summed E-state index contributed by atoms with van der Waals surface area (Å²) in [4.78, 5) is 21.7. The Balaban J connectivity index is 2.63. The van der Waals surface area contributed by atoms with E-state index < -0.39 is 23.9 Å². The van der Waals surface area contributed by atoms with Crippen molar-refractivity contribution in [3.63, 3.8) is 0 Å². The van der Waals surface area contributed by atoms with E-state index in [2.05, 4.69) is 5.32 Å². The molecule has 0 saturated heterocycles. The van der Waals surface area contributed by atoms with Crippen LogP contribution in [-0.4, -0.2) is 28.2 Å². The van der Waals surface area contributed by atoms with Crippen LogP contribution < -0.4 is 5.32 Å². The average Bonchev–Trinajstić information content (AvgIpc) is 2.29. The van der Waals surface area contributed by atoms with Crippen LogP contribution in [0.1, 0.15) is 12.5 Å². The first kappa shape index (κ1) is 13.2. The van der Waals surface area contributed by atoms with E-state index in [1.54, 1.807) is 0 Å². The van der Waals surface area contributed by atoms with E-state index >= 15 is 0 Å². The molecule has 1 rings (SSSR count). The van der Waals surface area contributed by atoms with Gasteiger partial charge in [0.1, 0.15) is 6.04 Å². The average molecular weight is 237 g/mol. The second-order valence-electron chi connectivity index (χ2n) is 3.81. The van der Waals surface area contributed by atoms with Crippen molar-refractivity contribution in [3.05, 3.63) is 35.9 Å². The number of hydrogen-bond donors (Lipinski definition) is 3. The van der Waals surface area contributed by atoms with Gasteiger partial charge in [-0.3, -0.25) is 14.9 Å². The molecule has 1 unspecified atom stereocenters. The number of nitrogens with one attached hydrogen (secondary N) is 1. The molecule has 0 spiro atoms. The zero-order valence-electron chi connectivity index (χ0n) is 9.46. The maximum Gasteiger partial charge on any atom is 0.321 e. The van der Waals surface area contributed by atoms with Crippen LogP contribution >= 0.6 is 0 Å². The Morgan fingerprint density at radius 2 is 1.76 bits per heavy atom. The van der Waals surface area contributed by atoms with Crippen LogP contribution in [0.15, 0.2) is 30.3 Å². The van der Waals surface area contributed by atoms with Crippen molar-refractivity contribution in [3.8, 4) is 0 Å². The van der Waals surface area contributed by atoms with Gasteiger partial charge in [-0.25, -0.2) is 0 Å². The van der Waals surface area contributed by atoms with Crippen molar-refractivity contribution in [1.29, 1.82) is 0 Å². The molecule has 17 heavy (non-hydrogen) atoms. The maximum absolute atomic E-state index is 10.9. The molecule has 2 atom stereocenters. The van der Waals surface area contributed by atoms with Gasteiger partial charge in [-0.15, -0.1) is 0 Å². The summed E-state index contributed by atoms with van der Waals surface area (Å²) in [6.07, 6.45) is 0. The van der Waals surface area contributed by atoms with E-state index in [1.807, 2.05) is 30.3 Å². The van der Waals surface area contributed by atoms with Crippen molar-refractivity contribution >= 4 is 11.9 Å². The quantitative estimate of drug-likeness (QED) is 0.685. The molecule has 0 aromatic heterocycles. The van der Waals surface area contributed by atoms with Crippen LogP contribution in [0.5, 0.6) is 0 Å². The largest absolute Gasteiger partial charge is 0.481 e. The minimum Gasteiger partial charge on any atom is -0.481 e. The van der Waals surface area contributed by atoms with Crippen molar-refractivity contribution in [2.75, 3.05) is 0 Å². The Morgan fingerprint density at radius 1 is 1.18 bits per heavy atom. The summed E-state index contributed by atoms with van der Waals surface area (Å²) in [5, 5.41) is 20.5. The first-order chi connectivity index (χ1) is 8.02. The normalized spacial score (nSPS) is 13.9. The van der Waals surface area contributed by atoms with Gasteiger partial charge in [-0.1, -0.05) is 30.3 Å². The predicted molar refractivity (Wildman–Crippen MR) is 61.5 cm³/mol. The molecule has 92 valence electrons. The molecule has 3 N–H and O–H groups in total. The second-order valence-corrected chi connectivity index (χ2v) is 3.81. The van der Waals surface area contributed by atoms with Gasteiger partial charge in [-0.05, 0) is 12.5 Å². The van der Waals surface area contributed by atoms with Gasteiger partial charge in [0.05, 0.1) is 5.92 Å². The third kappa shape index (κ3) is 3.88. The summed E-state index contributed by atoms with van der Waals surface area (Å²) in [6.45, 7) is 1.70. The van der Waals surface area contributed by atoms with Crippen LogP contribution in [0, 0.1) is 5.92 Å². The summed E-state index contributed by atoms with van der Waals surface area (Å²) in [6, 6.07) is 8.14. The highest BCUT2D eigenvalue weighted by Gasteiger charge is 2.29. The summed E-state index contributed by atoms with van der Waals surface area (Å²) in [7, 11) is 0. The maximum atomic E-state index is 10.9. The highest BCUT2D eigenvalue weighted by atomic mass is 16.4. The standard InChI is InChI=1S/C12H15NO4/c1-8(11(14)15)10(12(16)17)13-7-9-5-3-2-4-6-9/h2-6,8,10,13H,7H2,1H3,(H,14,15)(H,16,17)/t8?,10-/m1/s1. The Kier molecular flexibility index (Phi) is 4.66. The summed E-state index contributed by atoms with van der Waals surface area (Å²) < 4.78 is 0. The van der Waals surface area contributed by atoms with Gasteiger partial charge in [0.2, 0.25) is 0 Å². The third-order valence-corrected chi connectivity index (χ3v) is 2.52. The minimum atomic E-state index is -1.16. The van der Waals surface area contributed by atoms with E-state index in [9.17, 15) is 9.59 Å². The van der Waals surface area contributed by atoms with Gasteiger partial charge < -0.3 is 10.2 Å².